The van der Waals surface area contributed by atoms with E-state index in [0.717, 1.165) is 35.5 Å². The Labute approximate surface area is 174 Å². The highest BCUT2D eigenvalue weighted by Crippen LogP contribution is 2.28. The highest BCUT2D eigenvalue weighted by Gasteiger charge is 2.16. The summed E-state index contributed by atoms with van der Waals surface area (Å²) in [5.74, 6) is 1.07. The summed E-state index contributed by atoms with van der Waals surface area (Å²) in [6.45, 7) is 1.57. The van der Waals surface area contributed by atoms with Crippen molar-refractivity contribution in [3.8, 4) is 0 Å². The molecule has 12 heteroatoms. The number of ether oxygens (including phenoxy) is 1. The molecule has 0 radical (unpaired) electrons. The predicted octanol–water partition coefficient (Wildman–Crippen LogP) is 3.07. The third-order valence-corrected chi connectivity index (χ3v) is 6.05. The summed E-state index contributed by atoms with van der Waals surface area (Å²) >= 11 is 2.93. The smallest absolute Gasteiger partial charge is 0.232 e. The van der Waals surface area contributed by atoms with Gasteiger partial charge in [-0.25, -0.2) is 4.39 Å². The minimum Gasteiger partial charge on any atom is -0.376 e. The van der Waals surface area contributed by atoms with Crippen molar-refractivity contribution in [3.63, 3.8) is 0 Å². The molecule has 0 spiro atoms. The Kier molecular flexibility index (Phi) is 6.32. The van der Waals surface area contributed by atoms with Gasteiger partial charge in [0.25, 0.3) is 0 Å². The largest absolute Gasteiger partial charge is 0.376 e. The second-order valence-electron chi connectivity index (χ2n) is 6.24. The number of rotatable bonds is 8. The van der Waals surface area contributed by atoms with Crippen molar-refractivity contribution in [2.75, 3.05) is 29.5 Å². The molecule has 152 valence electrons. The van der Waals surface area contributed by atoms with Gasteiger partial charge < -0.3 is 21.1 Å². The normalized spacial score (nSPS) is 16.1. The number of anilines is 4. The molecule has 1 aliphatic heterocycles. The zero-order valence-corrected chi connectivity index (χ0v) is 17.0. The molecule has 1 aliphatic rings. The minimum absolute atomic E-state index is 0.108. The summed E-state index contributed by atoms with van der Waals surface area (Å²) in [5.41, 5.74) is 6.45. The van der Waals surface area contributed by atoms with Crippen molar-refractivity contribution in [2.45, 2.75) is 29.0 Å². The lowest BCUT2D eigenvalue weighted by atomic mass is 10.2. The second kappa shape index (κ2) is 9.29. The van der Waals surface area contributed by atoms with Crippen molar-refractivity contribution in [3.05, 3.63) is 35.9 Å². The molecule has 29 heavy (non-hydrogen) atoms. The number of aromatic nitrogens is 5. The highest BCUT2D eigenvalue weighted by molar-refractivity contribution is 8.00. The fourth-order valence-corrected chi connectivity index (χ4v) is 4.31. The maximum absolute atomic E-state index is 13.0. The molecule has 1 aromatic carbocycles. The fourth-order valence-electron chi connectivity index (χ4n) is 2.69. The number of thioether (sulfide) groups is 1. The van der Waals surface area contributed by atoms with Gasteiger partial charge >= 0.3 is 0 Å². The topological polar surface area (TPSA) is 124 Å². The summed E-state index contributed by atoms with van der Waals surface area (Å²) in [4.78, 5) is 12.6. The van der Waals surface area contributed by atoms with Gasteiger partial charge in [-0.05, 0) is 37.1 Å². The zero-order chi connectivity index (χ0) is 20.1. The van der Waals surface area contributed by atoms with E-state index < -0.39 is 0 Å². The van der Waals surface area contributed by atoms with Crippen molar-refractivity contribution >= 4 is 45.8 Å². The van der Waals surface area contributed by atoms with Crippen LogP contribution in [0, 0.1) is 5.82 Å². The molecule has 0 saturated carbocycles. The van der Waals surface area contributed by atoms with Gasteiger partial charge in [0.2, 0.25) is 17.0 Å². The molecule has 0 amide bonds. The van der Waals surface area contributed by atoms with E-state index in [4.69, 9.17) is 10.5 Å². The van der Waals surface area contributed by atoms with Crippen molar-refractivity contribution < 1.29 is 9.13 Å². The van der Waals surface area contributed by atoms with Crippen LogP contribution in [0.25, 0.3) is 0 Å². The first-order valence-electron chi connectivity index (χ1n) is 8.99. The van der Waals surface area contributed by atoms with Gasteiger partial charge in [0, 0.05) is 18.8 Å². The molecular formula is C17H19FN8OS2. The van der Waals surface area contributed by atoms with Gasteiger partial charge in [-0.1, -0.05) is 23.1 Å². The number of nitrogens with zero attached hydrogens (tertiary/aromatic N) is 5. The number of hydrogen-bond donors (Lipinski definition) is 3. The summed E-state index contributed by atoms with van der Waals surface area (Å²) < 4.78 is 19.4. The Morgan fingerprint density at radius 3 is 2.86 bits per heavy atom. The standard InChI is InChI=1S/C17H19FN8OS2/c18-10-3-5-11(6-4-10)21-15-23-13(22-14(19)24-15)9-28-17-26-25-16(29-17)20-8-12-2-1-7-27-12/h3-6,12H,1-2,7-9H2,(H,20,25)(H3,19,21,22,23,24)/t12-/m1/s1. The van der Waals surface area contributed by atoms with E-state index in [0.29, 0.717) is 23.2 Å². The number of halogens is 1. The van der Waals surface area contributed by atoms with Crippen LogP contribution in [0.1, 0.15) is 18.7 Å². The third-order valence-electron chi connectivity index (χ3n) is 4.04. The molecule has 9 nitrogen and oxygen atoms in total. The lowest BCUT2D eigenvalue weighted by Crippen LogP contribution is -2.18. The van der Waals surface area contributed by atoms with Crippen LogP contribution in [-0.4, -0.2) is 44.4 Å². The van der Waals surface area contributed by atoms with E-state index in [1.54, 1.807) is 12.1 Å². The van der Waals surface area contributed by atoms with E-state index in [-0.39, 0.29) is 17.9 Å². The Balaban J connectivity index is 1.33. The van der Waals surface area contributed by atoms with Crippen molar-refractivity contribution in [1.82, 2.24) is 25.1 Å². The first-order valence-corrected chi connectivity index (χ1v) is 10.8. The quantitative estimate of drug-likeness (QED) is 0.456. The van der Waals surface area contributed by atoms with Gasteiger partial charge in [-0.3, -0.25) is 0 Å². The molecule has 0 aliphatic carbocycles. The van der Waals surface area contributed by atoms with E-state index in [1.165, 1.54) is 35.2 Å². The van der Waals surface area contributed by atoms with Crippen LogP contribution in [0.3, 0.4) is 0 Å². The molecule has 1 saturated heterocycles. The van der Waals surface area contributed by atoms with Crippen molar-refractivity contribution in [1.29, 1.82) is 0 Å². The van der Waals surface area contributed by atoms with Crippen LogP contribution in [0.15, 0.2) is 28.6 Å². The number of nitrogens with two attached hydrogens (primary N) is 1. The van der Waals surface area contributed by atoms with Gasteiger partial charge in [-0.2, -0.15) is 15.0 Å². The maximum atomic E-state index is 13.0. The predicted molar refractivity (Wildman–Crippen MR) is 111 cm³/mol. The maximum Gasteiger partial charge on any atom is 0.232 e. The molecule has 3 heterocycles. The summed E-state index contributed by atoms with van der Waals surface area (Å²) in [5, 5.41) is 15.3. The lowest BCUT2D eigenvalue weighted by molar-refractivity contribution is 0.120. The molecule has 4 rings (SSSR count). The van der Waals surface area contributed by atoms with Crippen LogP contribution in [0.2, 0.25) is 0 Å². The van der Waals surface area contributed by atoms with Gasteiger partial charge in [0.05, 0.1) is 11.9 Å². The Morgan fingerprint density at radius 1 is 1.21 bits per heavy atom. The summed E-state index contributed by atoms with van der Waals surface area (Å²) in [6, 6.07) is 5.89. The average Bonchev–Trinajstić information content (AvgIpc) is 3.38. The Morgan fingerprint density at radius 2 is 2.07 bits per heavy atom. The van der Waals surface area contributed by atoms with Crippen LogP contribution >= 0.6 is 23.1 Å². The monoisotopic (exact) mass is 434 g/mol. The van der Waals surface area contributed by atoms with Gasteiger partial charge in [0.15, 0.2) is 4.34 Å². The van der Waals surface area contributed by atoms with Crippen LogP contribution in [-0.2, 0) is 10.5 Å². The fraction of sp³-hybridized carbons (Fsp3) is 0.353. The van der Waals surface area contributed by atoms with E-state index in [1.807, 2.05) is 0 Å². The number of hydrogen-bond acceptors (Lipinski definition) is 11. The highest BCUT2D eigenvalue weighted by atomic mass is 32.2. The van der Waals surface area contributed by atoms with E-state index in [9.17, 15) is 4.39 Å². The second-order valence-corrected chi connectivity index (χ2v) is 8.44. The molecule has 3 aromatic rings. The molecule has 1 atom stereocenters. The number of nitrogens with one attached hydrogen (secondary N) is 2. The van der Waals surface area contributed by atoms with Crippen LogP contribution < -0.4 is 16.4 Å². The third kappa shape index (κ3) is 5.71. The molecule has 0 bridgehead atoms. The SMILES string of the molecule is Nc1nc(CSc2nnc(NC[C@H]3CCCO3)s2)nc(Nc2ccc(F)cc2)n1. The summed E-state index contributed by atoms with van der Waals surface area (Å²) in [6.07, 6.45) is 2.43. The average molecular weight is 435 g/mol. The Hall–Kier alpha value is -2.57. The van der Waals surface area contributed by atoms with Crippen LogP contribution in [0.4, 0.5) is 27.1 Å². The van der Waals surface area contributed by atoms with E-state index in [2.05, 4.69) is 35.8 Å². The van der Waals surface area contributed by atoms with E-state index >= 15 is 0 Å². The van der Waals surface area contributed by atoms with Gasteiger partial charge in [0.1, 0.15) is 11.6 Å². The first kappa shape index (κ1) is 19.7. The number of nitrogen functional groups attached to an aromatic ring is 1. The lowest BCUT2D eigenvalue weighted by Gasteiger charge is -2.08. The van der Waals surface area contributed by atoms with Crippen LogP contribution in [0.5, 0.6) is 0 Å². The molecule has 1 fully saturated rings. The molecule has 0 unspecified atom stereocenters. The number of benzene rings is 1. The summed E-state index contributed by atoms with van der Waals surface area (Å²) in [7, 11) is 0. The van der Waals surface area contributed by atoms with Crippen molar-refractivity contribution in [2.24, 2.45) is 0 Å². The minimum atomic E-state index is -0.315. The molecule has 2 aromatic heterocycles. The zero-order valence-electron chi connectivity index (χ0n) is 15.3. The molecular weight excluding hydrogens is 415 g/mol. The Bertz CT molecular complexity index is 949. The first-order chi connectivity index (χ1) is 14.1. The molecule has 4 N–H and O–H groups in total. The van der Waals surface area contributed by atoms with Gasteiger partial charge in [-0.15, -0.1) is 10.2 Å².